The van der Waals surface area contributed by atoms with Crippen LogP contribution < -0.4 is 10.6 Å². The van der Waals surface area contributed by atoms with E-state index in [2.05, 4.69) is 27.7 Å². The molecule has 0 spiro atoms. The summed E-state index contributed by atoms with van der Waals surface area (Å²) in [4.78, 5) is 13.6. The number of likely N-dealkylation sites (tertiary alicyclic amines) is 1. The van der Waals surface area contributed by atoms with Crippen molar-refractivity contribution < 1.29 is 4.79 Å². The lowest BCUT2D eigenvalue weighted by Gasteiger charge is -2.44. The van der Waals surface area contributed by atoms with E-state index >= 15 is 0 Å². The first-order valence-corrected chi connectivity index (χ1v) is 7.62. The smallest absolute Gasteiger partial charge is 0.233 e. The third-order valence-corrected chi connectivity index (χ3v) is 5.05. The van der Waals surface area contributed by atoms with Crippen LogP contribution in [0.2, 0.25) is 0 Å². The van der Waals surface area contributed by atoms with E-state index in [1.807, 2.05) is 0 Å². The largest absolute Gasteiger partial charge is 0.358 e. The van der Waals surface area contributed by atoms with E-state index in [-0.39, 0.29) is 5.91 Å². The van der Waals surface area contributed by atoms with Crippen LogP contribution in [0.3, 0.4) is 0 Å². The fraction of sp³-hybridized carbons (Fsp3) is 0.800. The Labute approximate surface area is 115 Å². The first-order chi connectivity index (χ1) is 9.26. The van der Waals surface area contributed by atoms with Crippen molar-refractivity contribution in [3.05, 3.63) is 12.2 Å². The van der Waals surface area contributed by atoms with Gasteiger partial charge in [0.25, 0.3) is 0 Å². The van der Waals surface area contributed by atoms with Gasteiger partial charge in [0.2, 0.25) is 5.91 Å². The highest BCUT2D eigenvalue weighted by Crippen LogP contribution is 2.43. The normalized spacial score (nSPS) is 34.9. The predicted octanol–water partition coefficient (Wildman–Crippen LogP) is 0.751. The molecule has 1 saturated heterocycles. The molecule has 1 heterocycles. The van der Waals surface area contributed by atoms with E-state index in [9.17, 15) is 4.79 Å². The number of piperidine rings is 1. The third kappa shape index (κ3) is 2.84. The molecule has 4 nitrogen and oxygen atoms in total. The van der Waals surface area contributed by atoms with Crippen molar-refractivity contribution in [2.24, 2.45) is 11.8 Å². The molecule has 19 heavy (non-hydrogen) atoms. The van der Waals surface area contributed by atoms with Gasteiger partial charge in [-0.1, -0.05) is 12.2 Å². The van der Waals surface area contributed by atoms with Gasteiger partial charge in [-0.25, -0.2) is 0 Å². The fourth-order valence-electron chi connectivity index (χ4n) is 3.75. The summed E-state index contributed by atoms with van der Waals surface area (Å²) >= 11 is 0. The summed E-state index contributed by atoms with van der Waals surface area (Å²) in [5.41, 5.74) is 0. The van der Waals surface area contributed by atoms with Crippen molar-refractivity contribution in [3.63, 3.8) is 0 Å². The Morgan fingerprint density at radius 1 is 1.37 bits per heavy atom. The second-order valence-corrected chi connectivity index (χ2v) is 6.23. The van der Waals surface area contributed by atoms with Gasteiger partial charge in [-0.2, -0.15) is 0 Å². The molecule has 2 fully saturated rings. The molecule has 1 saturated carbocycles. The second kappa shape index (κ2) is 5.63. The lowest BCUT2D eigenvalue weighted by Crippen LogP contribution is -2.54. The van der Waals surface area contributed by atoms with Crippen LogP contribution in [0.15, 0.2) is 12.2 Å². The summed E-state index contributed by atoms with van der Waals surface area (Å²) in [5, 5.41) is 6.53. The van der Waals surface area contributed by atoms with E-state index in [1.165, 1.54) is 25.7 Å². The topological polar surface area (TPSA) is 44.4 Å². The number of hydrogen-bond acceptors (Lipinski definition) is 3. The molecule has 0 radical (unpaired) electrons. The van der Waals surface area contributed by atoms with Crippen molar-refractivity contribution >= 4 is 5.91 Å². The van der Waals surface area contributed by atoms with Crippen LogP contribution >= 0.6 is 0 Å². The van der Waals surface area contributed by atoms with Crippen molar-refractivity contribution in [1.29, 1.82) is 0 Å². The summed E-state index contributed by atoms with van der Waals surface area (Å²) < 4.78 is 0. The molecule has 3 rings (SSSR count). The average molecular weight is 263 g/mol. The van der Waals surface area contributed by atoms with Crippen molar-refractivity contribution in [2.45, 2.75) is 37.8 Å². The first kappa shape index (κ1) is 13.1. The molecular formula is C15H25N3O. The molecule has 1 aliphatic heterocycles. The molecule has 2 aliphatic carbocycles. The van der Waals surface area contributed by atoms with Gasteiger partial charge in [-0.05, 0) is 37.5 Å². The van der Waals surface area contributed by atoms with E-state index < -0.39 is 0 Å². The number of hydrogen-bond donors (Lipinski definition) is 2. The molecule has 3 unspecified atom stereocenters. The van der Waals surface area contributed by atoms with Crippen LogP contribution in [0.5, 0.6) is 0 Å². The van der Waals surface area contributed by atoms with Gasteiger partial charge >= 0.3 is 0 Å². The quantitative estimate of drug-likeness (QED) is 0.736. The SMILES string of the molecule is CNC(=O)CN1CCC(NC2CC3CC=CC32)CC1. The minimum Gasteiger partial charge on any atom is -0.358 e. The average Bonchev–Trinajstić information content (AvgIpc) is 2.79. The lowest BCUT2D eigenvalue weighted by atomic mass is 9.71. The summed E-state index contributed by atoms with van der Waals surface area (Å²) in [7, 11) is 1.71. The number of nitrogens with zero attached hydrogens (tertiary/aromatic N) is 1. The monoisotopic (exact) mass is 263 g/mol. The van der Waals surface area contributed by atoms with Crippen molar-refractivity contribution in [1.82, 2.24) is 15.5 Å². The molecule has 2 N–H and O–H groups in total. The number of carbonyl (C=O) groups excluding carboxylic acids is 1. The molecule has 4 heteroatoms. The Balaban J connectivity index is 1.39. The van der Waals surface area contributed by atoms with Crippen LogP contribution in [-0.4, -0.2) is 49.6 Å². The number of amides is 1. The molecule has 0 aromatic carbocycles. The van der Waals surface area contributed by atoms with Gasteiger partial charge in [0.15, 0.2) is 0 Å². The third-order valence-electron chi connectivity index (χ3n) is 5.05. The number of fused-ring (bicyclic) bond motifs is 1. The number of rotatable bonds is 4. The maximum Gasteiger partial charge on any atom is 0.233 e. The van der Waals surface area contributed by atoms with E-state index in [0.29, 0.717) is 12.6 Å². The Morgan fingerprint density at radius 2 is 2.16 bits per heavy atom. The molecule has 0 bridgehead atoms. The maximum atomic E-state index is 11.3. The summed E-state index contributed by atoms with van der Waals surface area (Å²) in [6.45, 7) is 2.64. The molecule has 3 aliphatic rings. The molecule has 1 amide bonds. The zero-order chi connectivity index (χ0) is 13.2. The number of likely N-dealkylation sites (N-methyl/N-ethyl adjacent to an activating group) is 1. The van der Waals surface area contributed by atoms with E-state index in [1.54, 1.807) is 7.05 Å². The second-order valence-electron chi connectivity index (χ2n) is 6.23. The molecule has 106 valence electrons. The van der Waals surface area contributed by atoms with E-state index in [4.69, 9.17) is 0 Å². The zero-order valence-corrected chi connectivity index (χ0v) is 11.8. The van der Waals surface area contributed by atoms with Gasteiger partial charge in [0.1, 0.15) is 0 Å². The van der Waals surface area contributed by atoms with Crippen molar-refractivity contribution in [2.75, 3.05) is 26.7 Å². The van der Waals surface area contributed by atoms with Gasteiger partial charge in [0, 0.05) is 32.2 Å². The first-order valence-electron chi connectivity index (χ1n) is 7.62. The molecule has 0 aromatic heterocycles. The van der Waals surface area contributed by atoms with Crippen LogP contribution in [0.25, 0.3) is 0 Å². The summed E-state index contributed by atoms with van der Waals surface area (Å²) in [6, 6.07) is 1.38. The van der Waals surface area contributed by atoms with Crippen LogP contribution in [0, 0.1) is 11.8 Å². The minimum atomic E-state index is 0.129. The van der Waals surface area contributed by atoms with Gasteiger partial charge in [-0.3, -0.25) is 9.69 Å². The Hall–Kier alpha value is -0.870. The zero-order valence-electron chi connectivity index (χ0n) is 11.8. The summed E-state index contributed by atoms with van der Waals surface area (Å²) in [6.07, 6.45) is 9.77. The highest BCUT2D eigenvalue weighted by molar-refractivity contribution is 5.77. The Morgan fingerprint density at radius 3 is 2.84 bits per heavy atom. The minimum absolute atomic E-state index is 0.129. The maximum absolute atomic E-state index is 11.3. The lowest BCUT2D eigenvalue weighted by molar-refractivity contribution is -0.122. The van der Waals surface area contributed by atoms with Crippen molar-refractivity contribution in [3.8, 4) is 0 Å². The number of allylic oxidation sites excluding steroid dienone is 1. The molecular weight excluding hydrogens is 238 g/mol. The highest BCUT2D eigenvalue weighted by atomic mass is 16.1. The number of carbonyl (C=O) groups is 1. The van der Waals surface area contributed by atoms with Gasteiger partial charge in [0.05, 0.1) is 6.54 Å². The summed E-state index contributed by atoms with van der Waals surface area (Å²) in [5.74, 6) is 1.87. The standard InChI is InChI=1S/C15H25N3O/c1-16-15(19)10-18-7-5-12(6-8-18)17-14-9-11-3-2-4-13(11)14/h2,4,11-14,17H,3,5-10H2,1H3,(H,16,19). The molecule has 0 aromatic rings. The highest BCUT2D eigenvalue weighted by Gasteiger charge is 2.41. The molecule has 3 atom stereocenters. The van der Waals surface area contributed by atoms with Gasteiger partial charge < -0.3 is 10.6 Å². The van der Waals surface area contributed by atoms with Crippen LogP contribution in [0.1, 0.15) is 25.7 Å². The van der Waals surface area contributed by atoms with Crippen LogP contribution in [0.4, 0.5) is 0 Å². The van der Waals surface area contributed by atoms with E-state index in [0.717, 1.165) is 31.0 Å². The predicted molar refractivity (Wildman–Crippen MR) is 75.8 cm³/mol. The Bertz CT molecular complexity index is 360. The fourth-order valence-corrected chi connectivity index (χ4v) is 3.75. The number of nitrogens with one attached hydrogen (secondary N) is 2. The Kier molecular flexibility index (Phi) is 3.89. The van der Waals surface area contributed by atoms with Crippen LogP contribution in [-0.2, 0) is 4.79 Å². The van der Waals surface area contributed by atoms with Gasteiger partial charge in [-0.15, -0.1) is 0 Å².